The van der Waals surface area contributed by atoms with Crippen molar-refractivity contribution >= 4 is 22.9 Å². The highest BCUT2D eigenvalue weighted by atomic mass is 32.1. The van der Waals surface area contributed by atoms with E-state index in [2.05, 4.69) is 17.0 Å². The molecule has 0 unspecified atom stereocenters. The zero-order valence-electron chi connectivity index (χ0n) is 11.1. The average molecular weight is 266 g/mol. The Balaban J connectivity index is 2.72. The number of hydrogen-bond acceptors (Lipinski definition) is 3. The van der Waals surface area contributed by atoms with E-state index in [9.17, 15) is 0 Å². The monoisotopic (exact) mass is 266 g/mol. The SMILES string of the molecule is Cc1ccc(N(C)CCCCCO)c(C(N)=S)c1. The van der Waals surface area contributed by atoms with Crippen molar-refractivity contribution in [1.29, 1.82) is 0 Å². The van der Waals surface area contributed by atoms with E-state index in [-0.39, 0.29) is 6.61 Å². The smallest absolute Gasteiger partial charge is 0.106 e. The Morgan fingerprint density at radius 1 is 1.33 bits per heavy atom. The lowest BCUT2D eigenvalue weighted by Gasteiger charge is -2.22. The Labute approximate surface area is 115 Å². The number of nitrogens with zero attached hydrogens (tertiary/aromatic N) is 1. The molecule has 0 bridgehead atoms. The maximum Gasteiger partial charge on any atom is 0.106 e. The highest BCUT2D eigenvalue weighted by molar-refractivity contribution is 7.80. The highest BCUT2D eigenvalue weighted by Crippen LogP contribution is 2.21. The summed E-state index contributed by atoms with van der Waals surface area (Å²) in [6, 6.07) is 6.17. The fourth-order valence-electron chi connectivity index (χ4n) is 1.94. The molecule has 0 aliphatic rings. The van der Waals surface area contributed by atoms with Crippen molar-refractivity contribution in [3.63, 3.8) is 0 Å². The molecule has 4 heteroatoms. The number of nitrogens with two attached hydrogens (primary N) is 1. The quantitative estimate of drug-likeness (QED) is 0.587. The lowest BCUT2D eigenvalue weighted by atomic mass is 10.1. The van der Waals surface area contributed by atoms with Crippen LogP contribution in [0.15, 0.2) is 18.2 Å². The predicted octanol–water partition coefficient (Wildman–Crippen LogP) is 2.23. The summed E-state index contributed by atoms with van der Waals surface area (Å²) in [5, 5.41) is 8.75. The molecule has 0 atom stereocenters. The van der Waals surface area contributed by atoms with Crippen molar-refractivity contribution in [2.75, 3.05) is 25.1 Å². The molecule has 0 saturated carbocycles. The van der Waals surface area contributed by atoms with Crippen LogP contribution >= 0.6 is 12.2 Å². The molecule has 1 aromatic rings. The molecule has 0 fully saturated rings. The summed E-state index contributed by atoms with van der Waals surface area (Å²) >= 11 is 5.10. The van der Waals surface area contributed by atoms with Crippen LogP contribution in [-0.2, 0) is 0 Å². The summed E-state index contributed by atoms with van der Waals surface area (Å²) in [4.78, 5) is 2.61. The minimum atomic E-state index is 0.270. The number of unbranched alkanes of at least 4 members (excludes halogenated alkanes) is 2. The van der Waals surface area contributed by atoms with Gasteiger partial charge in [-0.2, -0.15) is 0 Å². The van der Waals surface area contributed by atoms with E-state index in [4.69, 9.17) is 23.1 Å². The van der Waals surface area contributed by atoms with Crippen LogP contribution in [-0.4, -0.2) is 30.3 Å². The first-order valence-corrected chi connectivity index (χ1v) is 6.69. The molecular weight excluding hydrogens is 244 g/mol. The van der Waals surface area contributed by atoms with Gasteiger partial charge >= 0.3 is 0 Å². The molecule has 3 nitrogen and oxygen atoms in total. The Hall–Kier alpha value is -1.13. The van der Waals surface area contributed by atoms with Crippen molar-refractivity contribution < 1.29 is 5.11 Å². The number of thiocarbonyl (C=S) groups is 1. The first-order chi connectivity index (χ1) is 8.56. The molecule has 3 N–H and O–H groups in total. The lowest BCUT2D eigenvalue weighted by molar-refractivity contribution is 0.283. The summed E-state index contributed by atoms with van der Waals surface area (Å²) in [7, 11) is 2.05. The Morgan fingerprint density at radius 2 is 2.06 bits per heavy atom. The van der Waals surface area contributed by atoms with E-state index in [1.807, 2.05) is 20.0 Å². The number of rotatable bonds is 7. The number of aliphatic hydroxyl groups is 1. The van der Waals surface area contributed by atoms with E-state index >= 15 is 0 Å². The van der Waals surface area contributed by atoms with Gasteiger partial charge in [0.2, 0.25) is 0 Å². The fourth-order valence-corrected chi connectivity index (χ4v) is 2.10. The summed E-state index contributed by atoms with van der Waals surface area (Å²) in [6.45, 7) is 3.25. The van der Waals surface area contributed by atoms with E-state index in [0.29, 0.717) is 4.99 Å². The normalized spacial score (nSPS) is 10.4. The van der Waals surface area contributed by atoms with Crippen LogP contribution in [0.2, 0.25) is 0 Å². The number of benzene rings is 1. The van der Waals surface area contributed by atoms with Gasteiger partial charge < -0.3 is 15.7 Å². The molecule has 1 rings (SSSR count). The first kappa shape index (κ1) is 14.9. The summed E-state index contributed by atoms with van der Waals surface area (Å²) in [6.07, 6.45) is 2.96. The van der Waals surface area contributed by atoms with Gasteiger partial charge in [-0.05, 0) is 38.3 Å². The fraction of sp³-hybridized carbons (Fsp3) is 0.500. The lowest BCUT2D eigenvalue weighted by Crippen LogP contribution is -2.23. The molecule has 100 valence electrons. The maximum absolute atomic E-state index is 8.75. The van der Waals surface area contributed by atoms with Gasteiger partial charge in [0.25, 0.3) is 0 Å². The topological polar surface area (TPSA) is 49.5 Å². The third kappa shape index (κ3) is 4.27. The Morgan fingerprint density at radius 3 is 2.67 bits per heavy atom. The summed E-state index contributed by atoms with van der Waals surface area (Å²) in [5.41, 5.74) is 8.95. The van der Waals surface area contributed by atoms with Crippen LogP contribution < -0.4 is 10.6 Å². The standard InChI is InChI=1S/C14H22N2OS/c1-11-6-7-13(12(10-11)14(15)18)16(2)8-4-3-5-9-17/h6-7,10,17H,3-5,8-9H2,1-2H3,(H2,15,18). The summed E-state index contributed by atoms with van der Waals surface area (Å²) < 4.78 is 0. The number of anilines is 1. The zero-order valence-corrected chi connectivity index (χ0v) is 12.0. The van der Waals surface area contributed by atoms with Gasteiger partial charge in [-0.1, -0.05) is 23.8 Å². The first-order valence-electron chi connectivity index (χ1n) is 6.28. The summed E-state index contributed by atoms with van der Waals surface area (Å²) in [5.74, 6) is 0. The third-order valence-corrected chi connectivity index (χ3v) is 3.20. The van der Waals surface area contributed by atoms with Crippen LogP contribution in [0.4, 0.5) is 5.69 Å². The van der Waals surface area contributed by atoms with Crippen molar-refractivity contribution in [3.8, 4) is 0 Å². The van der Waals surface area contributed by atoms with Gasteiger partial charge in [0.1, 0.15) is 4.99 Å². The molecule has 18 heavy (non-hydrogen) atoms. The molecule has 0 amide bonds. The molecule has 0 spiro atoms. The van der Waals surface area contributed by atoms with Crippen molar-refractivity contribution in [1.82, 2.24) is 0 Å². The molecule has 0 aromatic heterocycles. The second-order valence-electron chi connectivity index (χ2n) is 4.59. The van der Waals surface area contributed by atoms with E-state index < -0.39 is 0 Å². The molecule has 0 saturated heterocycles. The van der Waals surface area contributed by atoms with Gasteiger partial charge in [-0.25, -0.2) is 0 Å². The molecule has 1 aromatic carbocycles. The minimum Gasteiger partial charge on any atom is -0.396 e. The molecule has 0 aliphatic carbocycles. The maximum atomic E-state index is 8.75. The van der Waals surface area contributed by atoms with Gasteiger partial charge in [0.05, 0.1) is 0 Å². The largest absolute Gasteiger partial charge is 0.396 e. The number of aliphatic hydroxyl groups excluding tert-OH is 1. The average Bonchev–Trinajstić information content (AvgIpc) is 2.34. The van der Waals surface area contributed by atoms with Crippen LogP contribution in [0.25, 0.3) is 0 Å². The van der Waals surface area contributed by atoms with E-state index in [1.54, 1.807) is 0 Å². The van der Waals surface area contributed by atoms with Crippen LogP contribution in [0, 0.1) is 6.92 Å². The van der Waals surface area contributed by atoms with Crippen LogP contribution in [0.5, 0.6) is 0 Å². The predicted molar refractivity (Wildman–Crippen MR) is 81.3 cm³/mol. The van der Waals surface area contributed by atoms with Gasteiger partial charge in [-0.15, -0.1) is 0 Å². The van der Waals surface area contributed by atoms with Crippen LogP contribution in [0.1, 0.15) is 30.4 Å². The second kappa shape index (κ2) is 7.34. The van der Waals surface area contributed by atoms with E-state index in [0.717, 1.165) is 42.6 Å². The Kier molecular flexibility index (Phi) is 6.09. The third-order valence-electron chi connectivity index (χ3n) is 2.98. The Bertz CT molecular complexity index is 407. The minimum absolute atomic E-state index is 0.270. The zero-order chi connectivity index (χ0) is 13.5. The number of hydrogen-bond donors (Lipinski definition) is 2. The van der Waals surface area contributed by atoms with Crippen molar-refractivity contribution in [2.24, 2.45) is 5.73 Å². The molecular formula is C14H22N2OS. The highest BCUT2D eigenvalue weighted by Gasteiger charge is 2.09. The van der Waals surface area contributed by atoms with Crippen molar-refractivity contribution in [3.05, 3.63) is 29.3 Å². The molecule has 0 aliphatic heterocycles. The van der Waals surface area contributed by atoms with Crippen molar-refractivity contribution in [2.45, 2.75) is 26.2 Å². The second-order valence-corrected chi connectivity index (χ2v) is 5.03. The van der Waals surface area contributed by atoms with Gasteiger partial charge in [-0.3, -0.25) is 0 Å². The number of aryl methyl sites for hydroxylation is 1. The van der Waals surface area contributed by atoms with Crippen LogP contribution in [0.3, 0.4) is 0 Å². The van der Waals surface area contributed by atoms with Gasteiger partial charge in [0, 0.05) is 31.5 Å². The molecule has 0 heterocycles. The van der Waals surface area contributed by atoms with E-state index in [1.165, 1.54) is 0 Å². The van der Waals surface area contributed by atoms with Gasteiger partial charge in [0.15, 0.2) is 0 Å². The molecule has 0 radical (unpaired) electrons.